The monoisotopic (exact) mass is 323 g/mol. The molecule has 0 aliphatic carbocycles. The summed E-state index contributed by atoms with van der Waals surface area (Å²) in [6.45, 7) is 0. The van der Waals surface area contributed by atoms with Crippen LogP contribution in [0.2, 0.25) is 0 Å². The minimum absolute atomic E-state index is 0.109. The summed E-state index contributed by atoms with van der Waals surface area (Å²) < 4.78 is 13.6. The lowest BCUT2D eigenvalue weighted by atomic mass is 10.2. The number of nitrogens with two attached hydrogens (primary N) is 1. The van der Waals surface area contributed by atoms with Crippen LogP contribution in [0, 0.1) is 5.82 Å². The molecule has 4 nitrogen and oxygen atoms in total. The van der Waals surface area contributed by atoms with Crippen LogP contribution in [0.1, 0.15) is 5.69 Å². The topological polar surface area (TPSA) is 68.0 Å². The molecule has 1 aromatic carbocycles. The highest BCUT2D eigenvalue weighted by molar-refractivity contribution is 9.10. The molecular weight excluding hydrogens is 313 g/mol. The standard InChI is InChI=1S/C13H11BrFN3O/c14-11-4-3-10(5-12(11)15)18-13(19)6-9-2-1-8(16)7-17-9/h1-5,7H,6,16H2,(H,18,19). The smallest absolute Gasteiger partial charge is 0.230 e. The van der Waals surface area contributed by atoms with E-state index in [1.165, 1.54) is 18.3 Å². The number of pyridine rings is 1. The maximum atomic E-state index is 13.3. The van der Waals surface area contributed by atoms with Crippen LogP contribution in [0.4, 0.5) is 15.8 Å². The van der Waals surface area contributed by atoms with E-state index < -0.39 is 5.82 Å². The number of hydrogen-bond donors (Lipinski definition) is 2. The molecule has 1 aromatic heterocycles. The molecule has 0 unspecified atom stereocenters. The van der Waals surface area contributed by atoms with Crippen LogP contribution in [-0.4, -0.2) is 10.9 Å². The molecule has 2 aromatic rings. The van der Waals surface area contributed by atoms with E-state index in [0.717, 1.165) is 0 Å². The van der Waals surface area contributed by atoms with Gasteiger partial charge in [0.05, 0.1) is 22.8 Å². The van der Waals surface area contributed by atoms with E-state index in [2.05, 4.69) is 26.2 Å². The Morgan fingerprint density at radius 2 is 2.16 bits per heavy atom. The summed E-state index contributed by atoms with van der Waals surface area (Å²) in [4.78, 5) is 15.8. The van der Waals surface area contributed by atoms with Crippen LogP contribution in [0.15, 0.2) is 41.0 Å². The van der Waals surface area contributed by atoms with Gasteiger partial charge in [-0.05, 0) is 46.3 Å². The lowest BCUT2D eigenvalue weighted by Gasteiger charge is -2.06. The van der Waals surface area contributed by atoms with Gasteiger partial charge in [0.1, 0.15) is 5.82 Å². The van der Waals surface area contributed by atoms with E-state index in [4.69, 9.17) is 5.73 Å². The van der Waals surface area contributed by atoms with Crippen LogP contribution >= 0.6 is 15.9 Å². The van der Waals surface area contributed by atoms with Gasteiger partial charge in [-0.3, -0.25) is 9.78 Å². The summed E-state index contributed by atoms with van der Waals surface area (Å²) in [6.07, 6.45) is 1.60. The minimum Gasteiger partial charge on any atom is -0.397 e. The van der Waals surface area contributed by atoms with Gasteiger partial charge in [0.2, 0.25) is 5.91 Å². The van der Waals surface area contributed by atoms with E-state index >= 15 is 0 Å². The molecule has 0 radical (unpaired) electrons. The average molecular weight is 324 g/mol. The van der Waals surface area contributed by atoms with E-state index in [1.807, 2.05) is 0 Å². The van der Waals surface area contributed by atoms with Gasteiger partial charge in [0.15, 0.2) is 0 Å². The third-order valence-corrected chi connectivity index (χ3v) is 3.04. The fourth-order valence-electron chi connectivity index (χ4n) is 1.48. The maximum Gasteiger partial charge on any atom is 0.230 e. The van der Waals surface area contributed by atoms with Crippen molar-refractivity contribution in [3.8, 4) is 0 Å². The number of nitrogens with one attached hydrogen (secondary N) is 1. The van der Waals surface area contributed by atoms with Gasteiger partial charge >= 0.3 is 0 Å². The van der Waals surface area contributed by atoms with Gasteiger partial charge in [-0.25, -0.2) is 4.39 Å². The molecule has 1 heterocycles. The maximum absolute atomic E-state index is 13.3. The van der Waals surface area contributed by atoms with Crippen molar-refractivity contribution >= 4 is 33.2 Å². The normalized spacial score (nSPS) is 10.2. The Labute approximate surface area is 118 Å². The molecular formula is C13H11BrFN3O. The van der Waals surface area contributed by atoms with Crippen molar-refractivity contribution in [2.24, 2.45) is 0 Å². The Hall–Kier alpha value is -1.95. The third kappa shape index (κ3) is 3.75. The summed E-state index contributed by atoms with van der Waals surface area (Å²) in [5, 5.41) is 2.60. The van der Waals surface area contributed by atoms with Crippen molar-refractivity contribution in [1.29, 1.82) is 0 Å². The third-order valence-electron chi connectivity index (χ3n) is 2.39. The number of rotatable bonds is 3. The van der Waals surface area contributed by atoms with Gasteiger partial charge in [-0.15, -0.1) is 0 Å². The number of nitrogens with zero attached hydrogens (tertiary/aromatic N) is 1. The van der Waals surface area contributed by atoms with Crippen LogP contribution in [0.25, 0.3) is 0 Å². The van der Waals surface area contributed by atoms with E-state index in [9.17, 15) is 9.18 Å². The molecule has 0 spiro atoms. The first-order valence-electron chi connectivity index (χ1n) is 5.50. The van der Waals surface area contributed by atoms with Crippen LogP contribution in [0.3, 0.4) is 0 Å². The molecule has 0 saturated carbocycles. The first-order valence-corrected chi connectivity index (χ1v) is 6.29. The summed E-state index contributed by atoms with van der Waals surface area (Å²) in [5.41, 5.74) is 7.05. The molecule has 0 atom stereocenters. The number of anilines is 2. The molecule has 0 aliphatic heterocycles. The summed E-state index contributed by atoms with van der Waals surface area (Å²) >= 11 is 3.05. The summed E-state index contributed by atoms with van der Waals surface area (Å²) in [6, 6.07) is 7.75. The number of halogens is 2. The average Bonchev–Trinajstić information content (AvgIpc) is 2.37. The molecule has 98 valence electrons. The van der Waals surface area contributed by atoms with E-state index in [0.29, 0.717) is 21.5 Å². The van der Waals surface area contributed by atoms with Gasteiger partial charge in [0, 0.05) is 11.4 Å². The number of hydrogen-bond acceptors (Lipinski definition) is 3. The van der Waals surface area contributed by atoms with E-state index in [1.54, 1.807) is 18.2 Å². The predicted molar refractivity (Wildman–Crippen MR) is 75.1 cm³/mol. The Balaban J connectivity index is 2.01. The molecule has 0 bridgehead atoms. The van der Waals surface area contributed by atoms with Gasteiger partial charge < -0.3 is 11.1 Å². The number of nitrogen functional groups attached to an aromatic ring is 1. The van der Waals surface area contributed by atoms with Gasteiger partial charge in [0.25, 0.3) is 0 Å². The number of aromatic nitrogens is 1. The minimum atomic E-state index is -0.427. The van der Waals surface area contributed by atoms with Crippen molar-refractivity contribution < 1.29 is 9.18 Å². The Morgan fingerprint density at radius 3 is 2.79 bits per heavy atom. The molecule has 3 N–H and O–H groups in total. The van der Waals surface area contributed by atoms with Crippen LogP contribution in [-0.2, 0) is 11.2 Å². The number of amides is 1. The fourth-order valence-corrected chi connectivity index (χ4v) is 1.73. The Bertz CT molecular complexity index is 601. The molecule has 0 fully saturated rings. The second-order valence-electron chi connectivity index (χ2n) is 3.94. The van der Waals surface area contributed by atoms with E-state index in [-0.39, 0.29) is 12.3 Å². The van der Waals surface area contributed by atoms with Crippen molar-refractivity contribution in [1.82, 2.24) is 4.98 Å². The number of carbonyl (C=O) groups is 1. The van der Waals surface area contributed by atoms with Gasteiger partial charge in [-0.2, -0.15) is 0 Å². The SMILES string of the molecule is Nc1ccc(CC(=O)Nc2ccc(Br)c(F)c2)nc1. The predicted octanol–water partition coefficient (Wildman–Crippen LogP) is 2.75. The first-order chi connectivity index (χ1) is 9.04. The second-order valence-corrected chi connectivity index (χ2v) is 4.79. The number of benzene rings is 1. The van der Waals surface area contributed by atoms with Crippen LogP contribution < -0.4 is 11.1 Å². The fraction of sp³-hybridized carbons (Fsp3) is 0.0769. The Morgan fingerprint density at radius 1 is 1.37 bits per heavy atom. The van der Waals surface area contributed by atoms with Crippen molar-refractivity contribution in [3.05, 3.63) is 52.5 Å². The highest BCUT2D eigenvalue weighted by atomic mass is 79.9. The summed E-state index contributed by atoms with van der Waals surface area (Å²) in [5.74, 6) is -0.692. The lowest BCUT2D eigenvalue weighted by Crippen LogP contribution is -2.15. The highest BCUT2D eigenvalue weighted by Crippen LogP contribution is 2.19. The molecule has 0 aliphatic rings. The zero-order valence-electron chi connectivity index (χ0n) is 9.86. The van der Waals surface area contributed by atoms with Crippen molar-refractivity contribution in [2.75, 3.05) is 11.1 Å². The van der Waals surface area contributed by atoms with Crippen molar-refractivity contribution in [2.45, 2.75) is 6.42 Å². The lowest BCUT2D eigenvalue weighted by molar-refractivity contribution is -0.115. The Kier molecular flexibility index (Phi) is 4.11. The molecule has 6 heteroatoms. The zero-order chi connectivity index (χ0) is 13.8. The van der Waals surface area contributed by atoms with Crippen molar-refractivity contribution in [3.63, 3.8) is 0 Å². The largest absolute Gasteiger partial charge is 0.397 e. The van der Waals surface area contributed by atoms with Crippen LogP contribution in [0.5, 0.6) is 0 Å². The van der Waals surface area contributed by atoms with Gasteiger partial charge in [-0.1, -0.05) is 0 Å². The second kappa shape index (κ2) is 5.79. The highest BCUT2D eigenvalue weighted by Gasteiger charge is 2.07. The zero-order valence-corrected chi connectivity index (χ0v) is 11.4. The summed E-state index contributed by atoms with van der Waals surface area (Å²) in [7, 11) is 0. The first kappa shape index (κ1) is 13.5. The molecule has 1 amide bonds. The number of carbonyl (C=O) groups excluding carboxylic acids is 1. The quantitative estimate of drug-likeness (QED) is 0.912. The molecule has 0 saturated heterocycles. The molecule has 19 heavy (non-hydrogen) atoms. The molecule has 2 rings (SSSR count).